The molecule has 1 aromatic rings. The third kappa shape index (κ3) is 6.01. The van der Waals surface area contributed by atoms with Crippen LogP contribution in [0.15, 0.2) is 14.3 Å². The number of ether oxygens (including phenoxy) is 2. The number of hydrogen-bond acceptors (Lipinski definition) is 5. The number of rotatable bonds is 4. The van der Waals surface area contributed by atoms with Crippen molar-refractivity contribution in [3.63, 3.8) is 0 Å². The Balaban J connectivity index is 1.87. The van der Waals surface area contributed by atoms with E-state index in [-0.39, 0.29) is 12.1 Å². The van der Waals surface area contributed by atoms with Crippen LogP contribution < -0.4 is 5.32 Å². The van der Waals surface area contributed by atoms with E-state index in [0.29, 0.717) is 26.3 Å². The molecule has 1 saturated heterocycles. The summed E-state index contributed by atoms with van der Waals surface area (Å²) in [7, 11) is 0. The molecule has 1 aliphatic rings. The van der Waals surface area contributed by atoms with E-state index in [1.807, 2.05) is 20.8 Å². The second-order valence-corrected chi connectivity index (χ2v) is 9.68. The van der Waals surface area contributed by atoms with Gasteiger partial charge in [-0.2, -0.15) is 0 Å². The van der Waals surface area contributed by atoms with Gasteiger partial charge >= 0.3 is 6.09 Å². The second kappa shape index (κ2) is 8.29. The molecule has 2 rings (SSSR count). The molecule has 2 heterocycles. The monoisotopic (exact) mass is 468 g/mol. The molecule has 0 aromatic carbocycles. The lowest BCUT2D eigenvalue weighted by molar-refractivity contribution is -0.0317. The molecule has 1 aliphatic heterocycles. The van der Waals surface area contributed by atoms with E-state index in [2.05, 4.69) is 43.2 Å². The molecule has 0 bridgehead atoms. The van der Waals surface area contributed by atoms with Crippen LogP contribution >= 0.6 is 43.2 Å². The summed E-state index contributed by atoms with van der Waals surface area (Å²) in [5.41, 5.74) is -0.483. The van der Waals surface area contributed by atoms with Gasteiger partial charge in [-0.1, -0.05) is 0 Å². The normalized spacial score (nSPS) is 19.0. The molecule has 23 heavy (non-hydrogen) atoms. The van der Waals surface area contributed by atoms with Crippen LogP contribution in [-0.4, -0.2) is 48.9 Å². The smallest absolute Gasteiger partial charge is 0.410 e. The Morgan fingerprint density at radius 2 is 2.26 bits per heavy atom. The number of amides is 1. The first kappa shape index (κ1) is 19.2. The topological polar surface area (TPSA) is 50.8 Å². The maximum Gasteiger partial charge on any atom is 0.410 e. The fourth-order valence-corrected chi connectivity index (χ4v) is 4.37. The zero-order valence-corrected chi connectivity index (χ0v) is 17.5. The van der Waals surface area contributed by atoms with Gasteiger partial charge in [0.2, 0.25) is 0 Å². The van der Waals surface area contributed by atoms with Gasteiger partial charge in [-0.15, -0.1) is 11.3 Å². The van der Waals surface area contributed by atoms with Crippen LogP contribution in [0.5, 0.6) is 0 Å². The zero-order chi connectivity index (χ0) is 17.0. The van der Waals surface area contributed by atoms with Gasteiger partial charge < -0.3 is 14.8 Å². The number of hydrogen-bond donors (Lipinski definition) is 1. The Labute approximate surface area is 158 Å². The van der Waals surface area contributed by atoms with Gasteiger partial charge in [0.25, 0.3) is 0 Å². The fourth-order valence-electron chi connectivity index (χ4n) is 2.23. The first-order chi connectivity index (χ1) is 10.8. The molecule has 1 N–H and O–H groups in total. The maximum absolute atomic E-state index is 12.3. The molecule has 1 fully saturated rings. The predicted molar refractivity (Wildman–Crippen MR) is 99.0 cm³/mol. The number of morpholine rings is 1. The van der Waals surface area contributed by atoms with Crippen LogP contribution in [0.25, 0.3) is 0 Å². The minimum absolute atomic E-state index is 0.00885. The zero-order valence-electron chi connectivity index (χ0n) is 13.5. The van der Waals surface area contributed by atoms with Crippen LogP contribution in [-0.2, 0) is 16.0 Å². The van der Waals surface area contributed by atoms with E-state index in [0.717, 1.165) is 14.8 Å². The van der Waals surface area contributed by atoms with E-state index < -0.39 is 5.60 Å². The van der Waals surface area contributed by atoms with Gasteiger partial charge in [0.1, 0.15) is 5.60 Å². The van der Waals surface area contributed by atoms with E-state index in [1.165, 1.54) is 4.88 Å². The van der Waals surface area contributed by atoms with Gasteiger partial charge in [0.05, 0.1) is 23.0 Å². The van der Waals surface area contributed by atoms with Crippen molar-refractivity contribution in [3.8, 4) is 0 Å². The average molecular weight is 470 g/mol. The third-order valence-corrected chi connectivity index (χ3v) is 6.49. The van der Waals surface area contributed by atoms with Gasteiger partial charge in [-0.05, 0) is 58.7 Å². The molecule has 0 radical (unpaired) electrons. The molecule has 0 spiro atoms. The fraction of sp³-hybridized carbons (Fsp3) is 0.667. The van der Waals surface area contributed by atoms with Crippen molar-refractivity contribution >= 4 is 49.3 Å². The third-order valence-electron chi connectivity index (χ3n) is 3.23. The van der Waals surface area contributed by atoms with Crippen LogP contribution in [0.1, 0.15) is 25.6 Å². The number of halogens is 2. The highest BCUT2D eigenvalue weighted by Crippen LogP contribution is 2.32. The Bertz CT molecular complexity index is 526. The highest BCUT2D eigenvalue weighted by molar-refractivity contribution is 9.13. The summed E-state index contributed by atoms with van der Waals surface area (Å²) in [6, 6.07) is 2.08. The minimum atomic E-state index is -0.483. The lowest BCUT2D eigenvalue weighted by atomic mass is 10.2. The van der Waals surface area contributed by atoms with Crippen molar-refractivity contribution in [1.29, 1.82) is 0 Å². The van der Waals surface area contributed by atoms with Crippen molar-refractivity contribution in [2.75, 3.05) is 26.3 Å². The minimum Gasteiger partial charge on any atom is -0.444 e. The van der Waals surface area contributed by atoms with E-state index >= 15 is 0 Å². The summed E-state index contributed by atoms with van der Waals surface area (Å²) in [6.45, 7) is 8.73. The van der Waals surface area contributed by atoms with Crippen molar-refractivity contribution in [2.45, 2.75) is 39.0 Å². The molecule has 5 nitrogen and oxygen atoms in total. The van der Waals surface area contributed by atoms with Crippen molar-refractivity contribution in [2.24, 2.45) is 0 Å². The van der Waals surface area contributed by atoms with Crippen LogP contribution in [0.3, 0.4) is 0 Å². The summed E-state index contributed by atoms with van der Waals surface area (Å²) in [4.78, 5) is 15.3. The largest absolute Gasteiger partial charge is 0.444 e. The first-order valence-corrected chi connectivity index (χ1v) is 9.88. The molecule has 0 saturated carbocycles. The van der Waals surface area contributed by atoms with Gasteiger partial charge in [0, 0.05) is 29.0 Å². The number of nitrogens with one attached hydrogen (secondary N) is 1. The first-order valence-electron chi connectivity index (χ1n) is 7.48. The van der Waals surface area contributed by atoms with Gasteiger partial charge in [-0.3, -0.25) is 4.90 Å². The molecular weight excluding hydrogens is 448 g/mol. The summed E-state index contributed by atoms with van der Waals surface area (Å²) >= 11 is 8.67. The molecule has 1 atom stereocenters. The van der Waals surface area contributed by atoms with E-state index in [4.69, 9.17) is 9.47 Å². The lowest BCUT2D eigenvalue weighted by Gasteiger charge is -2.36. The number of carbonyl (C=O) groups is 1. The molecule has 0 aliphatic carbocycles. The van der Waals surface area contributed by atoms with Gasteiger partial charge in [-0.25, -0.2) is 4.79 Å². The molecule has 1 unspecified atom stereocenters. The molecule has 1 aromatic heterocycles. The Kier molecular flexibility index (Phi) is 6.91. The van der Waals surface area contributed by atoms with Crippen molar-refractivity contribution in [1.82, 2.24) is 10.2 Å². The highest BCUT2D eigenvalue weighted by atomic mass is 79.9. The summed E-state index contributed by atoms with van der Waals surface area (Å²) in [5, 5.41) is 3.40. The molecule has 1 amide bonds. The van der Waals surface area contributed by atoms with Crippen LogP contribution in [0.2, 0.25) is 0 Å². The molecule has 8 heteroatoms. The van der Waals surface area contributed by atoms with Crippen LogP contribution in [0.4, 0.5) is 4.79 Å². The lowest BCUT2D eigenvalue weighted by Crippen LogP contribution is -2.53. The quantitative estimate of drug-likeness (QED) is 0.723. The molecular formula is C15H22Br2N2O3S. The van der Waals surface area contributed by atoms with E-state index in [9.17, 15) is 4.79 Å². The second-order valence-electron chi connectivity index (χ2n) is 6.37. The van der Waals surface area contributed by atoms with Crippen LogP contribution in [0, 0.1) is 0 Å². The summed E-state index contributed by atoms with van der Waals surface area (Å²) in [6.07, 6.45) is -0.269. The Morgan fingerprint density at radius 3 is 2.87 bits per heavy atom. The van der Waals surface area contributed by atoms with Gasteiger partial charge in [0.15, 0.2) is 0 Å². The predicted octanol–water partition coefficient (Wildman–Crippen LogP) is 4.00. The highest BCUT2D eigenvalue weighted by Gasteiger charge is 2.30. The van der Waals surface area contributed by atoms with Crippen molar-refractivity contribution in [3.05, 3.63) is 19.2 Å². The van der Waals surface area contributed by atoms with E-state index in [1.54, 1.807) is 16.2 Å². The summed E-state index contributed by atoms with van der Waals surface area (Å²) in [5.74, 6) is 0. The summed E-state index contributed by atoms with van der Waals surface area (Å²) < 4.78 is 13.2. The molecule has 130 valence electrons. The maximum atomic E-state index is 12.3. The Morgan fingerprint density at radius 1 is 1.52 bits per heavy atom. The number of carbonyl (C=O) groups excluding carboxylic acids is 1. The Hall–Kier alpha value is -0.150. The standard InChI is InChI=1S/C15H22Br2N2O3S/c1-15(2,3)22-14(20)19-4-5-21-9-10(19)7-18-8-11-6-12(16)13(17)23-11/h6,10,18H,4-5,7-9H2,1-3H3. The van der Waals surface area contributed by atoms with Crippen molar-refractivity contribution < 1.29 is 14.3 Å². The average Bonchev–Trinajstić information content (AvgIpc) is 2.76. The SMILES string of the molecule is CC(C)(C)OC(=O)N1CCOCC1CNCc1cc(Br)c(Br)s1. The number of nitrogens with zero attached hydrogens (tertiary/aromatic N) is 1. The number of thiophene rings is 1.